The molecule has 10 heteroatoms. The SMILES string of the molecule is CCCCCCCCCCCCCCC(O)C(O)C(COC1OC(CO)C(O)C(O)C1O)NC(=O)c1cccc(C)c1. The van der Waals surface area contributed by atoms with Gasteiger partial charge in [0.05, 0.1) is 25.4 Å². The average Bonchev–Trinajstić information content (AvgIpc) is 2.98. The zero-order chi connectivity index (χ0) is 30.9. The van der Waals surface area contributed by atoms with Crippen LogP contribution in [0.5, 0.6) is 0 Å². The van der Waals surface area contributed by atoms with E-state index in [1.807, 2.05) is 13.0 Å². The van der Waals surface area contributed by atoms with Crippen molar-refractivity contribution in [1.29, 1.82) is 0 Å². The molecular weight excluding hydrogens is 542 g/mol. The normalized spacial score (nSPS) is 24.7. The van der Waals surface area contributed by atoms with Crippen LogP contribution in [-0.2, 0) is 9.47 Å². The molecule has 0 saturated carbocycles. The molecule has 10 nitrogen and oxygen atoms in total. The van der Waals surface area contributed by atoms with E-state index in [1.165, 1.54) is 51.4 Å². The molecule has 1 amide bonds. The molecule has 2 rings (SSSR count). The minimum atomic E-state index is -1.63. The number of hydrogen-bond acceptors (Lipinski definition) is 9. The predicted octanol–water partition coefficient (Wildman–Crippen LogP) is 2.72. The number of carbonyl (C=O) groups excluding carboxylic acids is 1. The number of unbranched alkanes of at least 4 members (excludes halogenated alkanes) is 11. The van der Waals surface area contributed by atoms with Crippen molar-refractivity contribution in [2.45, 2.75) is 146 Å². The first-order chi connectivity index (χ1) is 20.2. The minimum absolute atomic E-state index is 0.343. The minimum Gasteiger partial charge on any atom is -0.394 e. The Morgan fingerprint density at radius 3 is 2.07 bits per heavy atom. The van der Waals surface area contributed by atoms with Crippen LogP contribution >= 0.6 is 0 Å². The number of hydrogen-bond donors (Lipinski definition) is 7. The highest BCUT2D eigenvalue weighted by Crippen LogP contribution is 2.23. The van der Waals surface area contributed by atoms with Gasteiger partial charge in [0.15, 0.2) is 6.29 Å². The Morgan fingerprint density at radius 2 is 1.50 bits per heavy atom. The Hall–Kier alpha value is -1.63. The third-order valence-corrected chi connectivity index (χ3v) is 8.05. The van der Waals surface area contributed by atoms with Gasteiger partial charge >= 0.3 is 0 Å². The van der Waals surface area contributed by atoms with Gasteiger partial charge in [-0.15, -0.1) is 0 Å². The molecule has 8 atom stereocenters. The zero-order valence-corrected chi connectivity index (χ0v) is 25.4. The fraction of sp³-hybridized carbons (Fsp3) is 0.781. The smallest absolute Gasteiger partial charge is 0.251 e. The van der Waals surface area contributed by atoms with Crippen LogP contribution in [0.4, 0.5) is 0 Å². The van der Waals surface area contributed by atoms with Crippen LogP contribution in [0, 0.1) is 6.92 Å². The van der Waals surface area contributed by atoms with Crippen LogP contribution in [0.2, 0.25) is 0 Å². The van der Waals surface area contributed by atoms with Gasteiger partial charge in [-0.1, -0.05) is 102 Å². The lowest BCUT2D eigenvalue weighted by Crippen LogP contribution is -2.60. The van der Waals surface area contributed by atoms with Gasteiger partial charge in [0, 0.05) is 5.56 Å². The first-order valence-electron chi connectivity index (χ1n) is 15.8. The summed E-state index contributed by atoms with van der Waals surface area (Å²) >= 11 is 0. The lowest BCUT2D eigenvalue weighted by molar-refractivity contribution is -0.303. The van der Waals surface area contributed by atoms with E-state index in [0.29, 0.717) is 12.0 Å². The van der Waals surface area contributed by atoms with Gasteiger partial charge in [-0.3, -0.25) is 4.79 Å². The van der Waals surface area contributed by atoms with Crippen molar-refractivity contribution in [3.8, 4) is 0 Å². The van der Waals surface area contributed by atoms with Gasteiger partial charge in [0.25, 0.3) is 5.91 Å². The molecule has 1 saturated heterocycles. The Bertz CT molecular complexity index is 870. The molecule has 1 aromatic carbocycles. The Labute approximate surface area is 251 Å². The maximum absolute atomic E-state index is 13.0. The van der Waals surface area contributed by atoms with Gasteiger partial charge in [-0.2, -0.15) is 0 Å². The van der Waals surface area contributed by atoms with Crippen LogP contribution in [0.3, 0.4) is 0 Å². The Balaban J connectivity index is 1.86. The maximum Gasteiger partial charge on any atom is 0.251 e. The number of rotatable bonds is 21. The van der Waals surface area contributed by atoms with E-state index >= 15 is 0 Å². The van der Waals surface area contributed by atoms with E-state index in [0.717, 1.165) is 31.2 Å². The highest BCUT2D eigenvalue weighted by Gasteiger charge is 2.44. The summed E-state index contributed by atoms with van der Waals surface area (Å²) in [4.78, 5) is 13.0. The number of aryl methyl sites for hydroxylation is 1. The molecule has 7 N–H and O–H groups in total. The van der Waals surface area contributed by atoms with Crippen molar-refractivity contribution in [2.75, 3.05) is 13.2 Å². The standard InChI is InChI=1S/C32H55NO9/c1-3-4-5-6-7-8-9-10-11-12-13-14-18-25(35)27(36)24(33-31(40)23-17-15-16-22(2)19-23)21-41-32-30(39)29(38)28(37)26(20-34)42-32/h15-17,19,24-30,32,34-39H,3-14,18,20-21H2,1-2H3,(H,33,40). The van der Waals surface area contributed by atoms with E-state index in [9.17, 15) is 35.4 Å². The number of carbonyl (C=O) groups is 1. The van der Waals surface area contributed by atoms with Crippen LogP contribution < -0.4 is 5.32 Å². The topological polar surface area (TPSA) is 169 Å². The molecule has 1 fully saturated rings. The fourth-order valence-corrected chi connectivity index (χ4v) is 5.30. The Kier molecular flexibility index (Phi) is 17.7. The monoisotopic (exact) mass is 597 g/mol. The summed E-state index contributed by atoms with van der Waals surface area (Å²) in [5.41, 5.74) is 1.25. The van der Waals surface area contributed by atoms with Crippen molar-refractivity contribution in [1.82, 2.24) is 5.32 Å². The number of benzene rings is 1. The van der Waals surface area contributed by atoms with Crippen LogP contribution in [0.25, 0.3) is 0 Å². The van der Waals surface area contributed by atoms with E-state index in [1.54, 1.807) is 18.2 Å². The lowest BCUT2D eigenvalue weighted by atomic mass is 9.98. The molecule has 1 aromatic rings. The summed E-state index contributed by atoms with van der Waals surface area (Å²) < 4.78 is 11.0. The molecule has 0 aliphatic carbocycles. The molecule has 42 heavy (non-hydrogen) atoms. The van der Waals surface area contributed by atoms with Crippen LogP contribution in [0.1, 0.15) is 106 Å². The number of aliphatic hydroxyl groups is 6. The molecule has 8 unspecified atom stereocenters. The second kappa shape index (κ2) is 20.3. The van der Waals surface area contributed by atoms with Crippen molar-refractivity contribution in [3.05, 3.63) is 35.4 Å². The second-order valence-corrected chi connectivity index (χ2v) is 11.7. The van der Waals surface area contributed by atoms with Gasteiger partial charge in [-0.05, 0) is 25.5 Å². The van der Waals surface area contributed by atoms with E-state index in [4.69, 9.17) is 9.47 Å². The summed E-state index contributed by atoms with van der Waals surface area (Å²) in [7, 11) is 0. The number of amides is 1. The predicted molar refractivity (Wildman–Crippen MR) is 160 cm³/mol. The zero-order valence-electron chi connectivity index (χ0n) is 25.4. The third-order valence-electron chi connectivity index (χ3n) is 8.05. The first-order valence-corrected chi connectivity index (χ1v) is 15.8. The molecular formula is C32H55NO9. The van der Waals surface area contributed by atoms with Crippen molar-refractivity contribution >= 4 is 5.91 Å². The molecule has 1 aliphatic rings. The molecule has 242 valence electrons. The highest BCUT2D eigenvalue weighted by molar-refractivity contribution is 5.94. The van der Waals surface area contributed by atoms with Crippen LogP contribution in [-0.4, -0.2) is 98.7 Å². The quantitative estimate of drug-likeness (QED) is 0.105. The average molecular weight is 598 g/mol. The van der Waals surface area contributed by atoms with Crippen LogP contribution in [0.15, 0.2) is 24.3 Å². The number of nitrogens with one attached hydrogen (secondary N) is 1. The molecule has 0 aromatic heterocycles. The summed E-state index contributed by atoms with van der Waals surface area (Å²) in [5.74, 6) is -0.474. The molecule has 1 aliphatic heterocycles. The first kappa shape index (κ1) is 36.6. The summed E-state index contributed by atoms with van der Waals surface area (Å²) in [5, 5.41) is 64.3. The van der Waals surface area contributed by atoms with Crippen molar-refractivity contribution in [2.24, 2.45) is 0 Å². The second-order valence-electron chi connectivity index (χ2n) is 11.7. The van der Waals surface area contributed by atoms with E-state index in [-0.39, 0.29) is 6.61 Å². The van der Waals surface area contributed by atoms with Gasteiger partial charge in [0.1, 0.15) is 30.5 Å². The summed E-state index contributed by atoms with van der Waals surface area (Å²) in [6.07, 6.45) is 4.64. The van der Waals surface area contributed by atoms with Gasteiger partial charge in [-0.25, -0.2) is 0 Å². The summed E-state index contributed by atoms with van der Waals surface area (Å²) in [6.45, 7) is 3.10. The molecule has 1 heterocycles. The molecule has 0 spiro atoms. The van der Waals surface area contributed by atoms with E-state index < -0.39 is 61.5 Å². The van der Waals surface area contributed by atoms with Gasteiger partial charge < -0.3 is 45.4 Å². The van der Waals surface area contributed by atoms with Crippen molar-refractivity contribution in [3.63, 3.8) is 0 Å². The maximum atomic E-state index is 13.0. The molecule has 0 radical (unpaired) electrons. The highest BCUT2D eigenvalue weighted by atomic mass is 16.7. The van der Waals surface area contributed by atoms with Gasteiger partial charge in [0.2, 0.25) is 0 Å². The Morgan fingerprint density at radius 1 is 0.905 bits per heavy atom. The third kappa shape index (κ3) is 12.5. The van der Waals surface area contributed by atoms with E-state index in [2.05, 4.69) is 12.2 Å². The fourth-order valence-electron chi connectivity index (χ4n) is 5.30. The number of ether oxygens (including phenoxy) is 2. The number of aliphatic hydroxyl groups excluding tert-OH is 6. The molecule has 0 bridgehead atoms. The lowest BCUT2D eigenvalue weighted by Gasteiger charge is -2.40. The van der Waals surface area contributed by atoms with Crippen molar-refractivity contribution < 1.29 is 44.9 Å². The largest absolute Gasteiger partial charge is 0.394 e. The summed E-state index contributed by atoms with van der Waals surface area (Å²) in [6, 6.07) is 5.84.